The van der Waals surface area contributed by atoms with E-state index in [9.17, 15) is 19.2 Å². The molecule has 4 unspecified atom stereocenters. The van der Waals surface area contributed by atoms with E-state index in [0.29, 0.717) is 0 Å². The van der Waals surface area contributed by atoms with Gasteiger partial charge in [0.2, 0.25) is 17.7 Å². The average molecular weight is 421 g/mol. The number of carboxylic acids is 1. The molecule has 0 aromatic carbocycles. The minimum Gasteiger partial charge on any atom is -0.480 e. The van der Waals surface area contributed by atoms with E-state index in [1.807, 2.05) is 13.8 Å². The number of hydrogen-bond acceptors (Lipinski definition) is 7. The molecule has 11 heteroatoms. The number of amides is 3. The van der Waals surface area contributed by atoms with Crippen LogP contribution >= 0.6 is 12.6 Å². The Morgan fingerprint density at radius 2 is 1.46 bits per heavy atom. The summed E-state index contributed by atoms with van der Waals surface area (Å²) in [6.07, 6.45) is 0.288. The number of nitrogens with two attached hydrogens (primary N) is 1. The quantitative estimate of drug-likeness (QED) is 0.188. The summed E-state index contributed by atoms with van der Waals surface area (Å²) in [5.41, 5.74) is 5.47. The van der Waals surface area contributed by atoms with Crippen LogP contribution in [0.1, 0.15) is 34.1 Å². The Morgan fingerprint density at radius 3 is 1.86 bits per heavy atom. The van der Waals surface area contributed by atoms with E-state index in [-0.39, 0.29) is 24.0 Å². The number of carboxylic acid groups (broad SMARTS) is 1. The molecule has 10 nitrogen and oxygen atoms in total. The summed E-state index contributed by atoms with van der Waals surface area (Å²) < 4.78 is 0. The van der Waals surface area contributed by atoms with Crippen molar-refractivity contribution in [2.24, 2.45) is 17.6 Å². The fraction of sp³-hybridized carbons (Fsp3) is 0.765. The van der Waals surface area contributed by atoms with Gasteiger partial charge in [-0.25, -0.2) is 4.79 Å². The van der Waals surface area contributed by atoms with Crippen LogP contribution in [0.25, 0.3) is 0 Å². The first-order chi connectivity index (χ1) is 12.9. The standard InChI is InChI=1S/C17H32N4O6S/c1-8(2)5-11(19-14(23)10(18)6-22)15(24)21-13(9(3)4)16(25)20-12(7-28)17(26)27/h8-13,22,28H,5-7,18H2,1-4H3,(H,19,23)(H,20,25)(H,21,24)(H,26,27). The SMILES string of the molecule is CC(C)CC(NC(=O)C(N)CO)C(=O)NC(C(=O)NC(CS)C(=O)O)C(C)C. The van der Waals surface area contributed by atoms with Crippen LogP contribution in [0.3, 0.4) is 0 Å². The zero-order chi connectivity index (χ0) is 22.0. The van der Waals surface area contributed by atoms with Crippen molar-refractivity contribution in [3.05, 3.63) is 0 Å². The van der Waals surface area contributed by atoms with Crippen LogP contribution in [-0.2, 0) is 19.2 Å². The molecule has 162 valence electrons. The van der Waals surface area contributed by atoms with Crippen LogP contribution in [0.4, 0.5) is 0 Å². The number of carbonyl (C=O) groups excluding carboxylic acids is 3. The molecular weight excluding hydrogens is 388 g/mol. The number of aliphatic carboxylic acids is 1. The number of aliphatic hydroxyl groups is 1. The second-order valence-corrected chi connectivity index (χ2v) is 7.66. The third-order valence-electron chi connectivity index (χ3n) is 3.92. The Balaban J connectivity index is 5.30. The van der Waals surface area contributed by atoms with E-state index in [0.717, 1.165) is 0 Å². The van der Waals surface area contributed by atoms with Crippen molar-refractivity contribution < 1.29 is 29.4 Å². The van der Waals surface area contributed by atoms with Gasteiger partial charge in [0, 0.05) is 5.75 Å². The lowest BCUT2D eigenvalue weighted by Crippen LogP contribution is -2.59. The van der Waals surface area contributed by atoms with Gasteiger partial charge in [0.1, 0.15) is 24.2 Å². The molecule has 0 aromatic heterocycles. The zero-order valence-corrected chi connectivity index (χ0v) is 17.5. The number of carbonyl (C=O) groups is 4. The average Bonchev–Trinajstić information content (AvgIpc) is 2.61. The molecule has 0 aromatic rings. The molecule has 0 saturated carbocycles. The van der Waals surface area contributed by atoms with Crippen LogP contribution in [0.15, 0.2) is 0 Å². The topological polar surface area (TPSA) is 171 Å². The summed E-state index contributed by atoms with van der Waals surface area (Å²) >= 11 is 3.89. The van der Waals surface area contributed by atoms with Gasteiger partial charge in [0.25, 0.3) is 0 Å². The Labute approximate surface area is 170 Å². The predicted molar refractivity (Wildman–Crippen MR) is 107 cm³/mol. The Morgan fingerprint density at radius 1 is 0.929 bits per heavy atom. The van der Waals surface area contributed by atoms with Gasteiger partial charge >= 0.3 is 5.97 Å². The van der Waals surface area contributed by atoms with Gasteiger partial charge in [0.05, 0.1) is 6.61 Å². The molecule has 7 N–H and O–H groups in total. The number of thiol groups is 1. The second kappa shape index (κ2) is 12.6. The molecule has 0 aliphatic rings. The number of rotatable bonds is 12. The van der Waals surface area contributed by atoms with Crippen molar-refractivity contribution in [2.45, 2.75) is 58.3 Å². The van der Waals surface area contributed by atoms with Crippen molar-refractivity contribution in [2.75, 3.05) is 12.4 Å². The molecule has 0 saturated heterocycles. The molecular formula is C17H32N4O6S. The monoisotopic (exact) mass is 420 g/mol. The Bertz CT molecular complexity index is 558. The van der Waals surface area contributed by atoms with Crippen LogP contribution in [0.2, 0.25) is 0 Å². The zero-order valence-electron chi connectivity index (χ0n) is 16.6. The van der Waals surface area contributed by atoms with Crippen molar-refractivity contribution in [3.63, 3.8) is 0 Å². The molecule has 0 fully saturated rings. The van der Waals surface area contributed by atoms with Gasteiger partial charge in [-0.15, -0.1) is 0 Å². The molecule has 0 radical (unpaired) electrons. The molecule has 28 heavy (non-hydrogen) atoms. The highest BCUT2D eigenvalue weighted by Crippen LogP contribution is 2.08. The number of aliphatic hydroxyl groups excluding tert-OH is 1. The molecule has 4 atom stereocenters. The molecule has 0 heterocycles. The highest BCUT2D eigenvalue weighted by molar-refractivity contribution is 7.80. The number of nitrogens with one attached hydrogen (secondary N) is 3. The first-order valence-corrected chi connectivity index (χ1v) is 9.68. The first kappa shape index (κ1) is 26.1. The summed E-state index contributed by atoms with van der Waals surface area (Å²) in [4.78, 5) is 48.2. The summed E-state index contributed by atoms with van der Waals surface area (Å²) in [5, 5.41) is 25.4. The van der Waals surface area contributed by atoms with E-state index < -0.39 is 54.5 Å². The highest BCUT2D eigenvalue weighted by atomic mass is 32.1. The molecule has 0 aliphatic carbocycles. The number of hydrogen-bond donors (Lipinski definition) is 7. The fourth-order valence-electron chi connectivity index (χ4n) is 2.30. The maximum Gasteiger partial charge on any atom is 0.327 e. The molecule has 0 spiro atoms. The van der Waals surface area contributed by atoms with Crippen molar-refractivity contribution in [1.29, 1.82) is 0 Å². The van der Waals surface area contributed by atoms with E-state index >= 15 is 0 Å². The van der Waals surface area contributed by atoms with Crippen LogP contribution in [-0.4, -0.2) is 70.4 Å². The lowest BCUT2D eigenvalue weighted by molar-refractivity contribution is -0.142. The fourth-order valence-corrected chi connectivity index (χ4v) is 2.55. The van der Waals surface area contributed by atoms with Gasteiger partial charge < -0.3 is 31.9 Å². The maximum atomic E-state index is 12.7. The van der Waals surface area contributed by atoms with E-state index in [1.54, 1.807) is 13.8 Å². The molecule has 3 amide bonds. The molecule has 0 rings (SSSR count). The van der Waals surface area contributed by atoms with Gasteiger partial charge in [-0.3, -0.25) is 14.4 Å². The van der Waals surface area contributed by atoms with E-state index in [4.69, 9.17) is 15.9 Å². The normalized spacial score (nSPS) is 15.5. The third kappa shape index (κ3) is 8.89. The largest absolute Gasteiger partial charge is 0.480 e. The second-order valence-electron chi connectivity index (χ2n) is 7.29. The Kier molecular flexibility index (Phi) is 11.7. The summed E-state index contributed by atoms with van der Waals surface area (Å²) in [7, 11) is 0. The minimum atomic E-state index is -1.24. The summed E-state index contributed by atoms with van der Waals surface area (Å²) in [6, 6.07) is -4.33. The van der Waals surface area contributed by atoms with Crippen molar-refractivity contribution >= 4 is 36.3 Å². The van der Waals surface area contributed by atoms with Gasteiger partial charge in [-0.05, 0) is 18.3 Å². The predicted octanol–water partition coefficient (Wildman–Crippen LogP) is -1.52. The summed E-state index contributed by atoms with van der Waals surface area (Å²) in [5.74, 6) is -3.58. The lowest BCUT2D eigenvalue weighted by atomic mass is 9.99. The van der Waals surface area contributed by atoms with Crippen LogP contribution < -0.4 is 21.7 Å². The molecule has 0 aliphatic heterocycles. The minimum absolute atomic E-state index is 0.0494. The lowest BCUT2D eigenvalue weighted by Gasteiger charge is -2.27. The van der Waals surface area contributed by atoms with E-state index in [1.165, 1.54) is 0 Å². The third-order valence-corrected chi connectivity index (χ3v) is 4.28. The Hall–Kier alpha value is -1.85. The summed E-state index contributed by atoms with van der Waals surface area (Å²) in [6.45, 7) is 6.53. The van der Waals surface area contributed by atoms with Gasteiger partial charge in [-0.1, -0.05) is 27.7 Å². The highest BCUT2D eigenvalue weighted by Gasteiger charge is 2.31. The maximum absolute atomic E-state index is 12.7. The molecule has 0 bridgehead atoms. The van der Waals surface area contributed by atoms with Gasteiger partial charge in [0.15, 0.2) is 0 Å². The van der Waals surface area contributed by atoms with Crippen molar-refractivity contribution in [3.8, 4) is 0 Å². The van der Waals surface area contributed by atoms with Crippen LogP contribution in [0.5, 0.6) is 0 Å². The van der Waals surface area contributed by atoms with E-state index in [2.05, 4.69) is 28.6 Å². The first-order valence-electron chi connectivity index (χ1n) is 9.05. The van der Waals surface area contributed by atoms with Crippen molar-refractivity contribution in [1.82, 2.24) is 16.0 Å². The van der Waals surface area contributed by atoms with Gasteiger partial charge in [-0.2, -0.15) is 12.6 Å². The van der Waals surface area contributed by atoms with Crippen LogP contribution in [0, 0.1) is 11.8 Å². The smallest absolute Gasteiger partial charge is 0.327 e.